The average Bonchev–Trinajstić information content (AvgIpc) is 3.60. The van der Waals surface area contributed by atoms with E-state index in [1.54, 1.807) is 14.4 Å². The topological polar surface area (TPSA) is 0 Å². The van der Waals surface area contributed by atoms with Crippen LogP contribution in [0.25, 0.3) is 32.7 Å². The monoisotopic (exact) mass is 608 g/mol. The first-order valence-electron chi connectivity index (χ1n) is 13.0. The molecule has 0 bridgehead atoms. The summed E-state index contributed by atoms with van der Waals surface area (Å²) in [5.41, 5.74) is 7.49. The Bertz CT molecular complexity index is 1730. The van der Waals surface area contributed by atoms with E-state index in [-0.39, 0.29) is 24.8 Å². The molecule has 0 N–H and O–H groups in total. The van der Waals surface area contributed by atoms with E-state index in [0.717, 1.165) is 6.42 Å². The molecule has 186 valence electrons. The fraction of sp³-hybridized carbons (Fsp3) is 0.114. The number of benzene rings is 5. The summed E-state index contributed by atoms with van der Waals surface area (Å²) in [6.45, 7) is 2.40. The Morgan fingerprint density at radius 1 is 0.711 bits per heavy atom. The zero-order valence-electron chi connectivity index (χ0n) is 21.2. The maximum Gasteiger partial charge on any atom is -1.00 e. The predicted molar refractivity (Wildman–Crippen MR) is 151 cm³/mol. The molecule has 0 aromatic heterocycles. The SMILES string of the molecule is CC(/[CH]=[Zr+2](\[C]1=CC=CC1)[CH]1c2ccccc2-c2c1c1ccccc1c1ccccc21)c1ccccc1.[Cl-].[Cl-]. The molecule has 0 aliphatic heterocycles. The minimum Gasteiger partial charge on any atom is -1.00 e. The van der Waals surface area contributed by atoms with Gasteiger partial charge >= 0.3 is 222 Å². The van der Waals surface area contributed by atoms with E-state index < -0.39 is 21.3 Å². The Balaban J connectivity index is 0.00000147. The molecule has 2 aliphatic rings. The van der Waals surface area contributed by atoms with Gasteiger partial charge in [-0.25, -0.2) is 0 Å². The average molecular weight is 611 g/mol. The molecule has 3 heteroatoms. The van der Waals surface area contributed by atoms with Gasteiger partial charge in [0.1, 0.15) is 0 Å². The van der Waals surface area contributed by atoms with Gasteiger partial charge in [0.15, 0.2) is 0 Å². The van der Waals surface area contributed by atoms with Crippen LogP contribution in [0.2, 0.25) is 0 Å². The van der Waals surface area contributed by atoms with Crippen molar-refractivity contribution < 1.29 is 46.1 Å². The summed E-state index contributed by atoms with van der Waals surface area (Å²) < 4.78 is 5.02. The molecule has 0 saturated heterocycles. The number of halogens is 2. The van der Waals surface area contributed by atoms with Crippen LogP contribution in [-0.2, 0) is 21.3 Å². The van der Waals surface area contributed by atoms with E-state index in [0.29, 0.717) is 9.54 Å². The van der Waals surface area contributed by atoms with Crippen molar-refractivity contribution in [2.24, 2.45) is 0 Å². The molecule has 7 rings (SSSR count). The third kappa shape index (κ3) is 4.40. The predicted octanol–water partition coefficient (Wildman–Crippen LogP) is 3.14. The second-order valence-corrected chi connectivity index (χ2v) is 16.1. The van der Waals surface area contributed by atoms with Gasteiger partial charge in [-0.15, -0.1) is 0 Å². The van der Waals surface area contributed by atoms with Crippen LogP contribution in [-0.4, -0.2) is 3.71 Å². The molecule has 38 heavy (non-hydrogen) atoms. The van der Waals surface area contributed by atoms with Gasteiger partial charge in [0, 0.05) is 0 Å². The molecule has 0 saturated carbocycles. The van der Waals surface area contributed by atoms with E-state index in [1.807, 2.05) is 0 Å². The standard InChI is InChI=1S/C21H13.C9H10.C5H5.2ClH.Zr/c1-2-8-15-14(7-1)13-20-18-11-4-3-9-16(18)17-10-5-6-12-19(17)21(15)20;1-8(2)9-6-4-3-5-7-9;1-2-4-5-3-1;;;/h1-13H;1,3-8H,2H3;1-3H,4H2;2*1H;/q;;;;;+2/p-2. The van der Waals surface area contributed by atoms with Crippen LogP contribution in [0.15, 0.2) is 125 Å². The molecule has 2 unspecified atom stereocenters. The van der Waals surface area contributed by atoms with Crippen molar-refractivity contribution in [3.63, 3.8) is 0 Å². The Morgan fingerprint density at radius 3 is 2.03 bits per heavy atom. The third-order valence-corrected chi connectivity index (χ3v) is 15.9. The molecule has 0 radical (unpaired) electrons. The number of hydrogen-bond donors (Lipinski definition) is 0. The summed E-state index contributed by atoms with van der Waals surface area (Å²) >= 11 is -2.34. The number of fused-ring (bicyclic) bond motifs is 8. The Labute approximate surface area is 245 Å². The number of rotatable bonds is 4. The normalized spacial score (nSPS) is 15.9. The van der Waals surface area contributed by atoms with E-state index in [9.17, 15) is 0 Å². The smallest absolute Gasteiger partial charge is 1.00 e. The molecule has 0 amide bonds. The number of allylic oxidation sites excluding steroid dienone is 4. The molecule has 5 aromatic rings. The summed E-state index contributed by atoms with van der Waals surface area (Å²) in [7, 11) is 0. The summed E-state index contributed by atoms with van der Waals surface area (Å²) in [5.74, 6) is 0.449. The first-order chi connectivity index (χ1) is 17.8. The van der Waals surface area contributed by atoms with Crippen LogP contribution < -0.4 is 24.8 Å². The van der Waals surface area contributed by atoms with Crippen LogP contribution in [0.1, 0.15) is 39.6 Å². The molecule has 5 aromatic carbocycles. The van der Waals surface area contributed by atoms with Crippen molar-refractivity contribution in [2.75, 3.05) is 0 Å². The van der Waals surface area contributed by atoms with Crippen LogP contribution >= 0.6 is 0 Å². The molecule has 2 atom stereocenters. The molecule has 0 heterocycles. The molecule has 2 aliphatic carbocycles. The van der Waals surface area contributed by atoms with Crippen LogP contribution in [0.3, 0.4) is 0 Å². The first-order valence-corrected chi connectivity index (χ1v) is 17.0. The van der Waals surface area contributed by atoms with Gasteiger partial charge in [-0.1, -0.05) is 0 Å². The van der Waals surface area contributed by atoms with Crippen LogP contribution in [0.4, 0.5) is 0 Å². The molecular formula is C35H28Cl2Zr. The van der Waals surface area contributed by atoms with Gasteiger partial charge in [0.05, 0.1) is 0 Å². The maximum atomic E-state index is 2.82. The summed E-state index contributed by atoms with van der Waals surface area (Å²) in [5, 5.41) is 5.61. The minimum absolute atomic E-state index is 0. The van der Waals surface area contributed by atoms with Gasteiger partial charge in [0.2, 0.25) is 0 Å². The zero-order chi connectivity index (χ0) is 24.1. The largest absolute Gasteiger partial charge is 1.00 e. The van der Waals surface area contributed by atoms with E-state index in [2.05, 4.69) is 132 Å². The van der Waals surface area contributed by atoms with Gasteiger partial charge in [-0.2, -0.15) is 0 Å². The van der Waals surface area contributed by atoms with Crippen molar-refractivity contribution >= 4 is 25.3 Å². The van der Waals surface area contributed by atoms with Crippen molar-refractivity contribution in [1.29, 1.82) is 0 Å². The second-order valence-electron chi connectivity index (χ2n) is 10.0. The van der Waals surface area contributed by atoms with Crippen molar-refractivity contribution in [3.05, 3.63) is 141 Å². The Hall–Kier alpha value is -2.57. The summed E-state index contributed by atoms with van der Waals surface area (Å²) in [4.78, 5) is 0. The maximum absolute atomic E-state index is 2.82. The van der Waals surface area contributed by atoms with E-state index in [1.165, 1.54) is 38.2 Å². The number of hydrogen-bond acceptors (Lipinski definition) is 0. The van der Waals surface area contributed by atoms with Gasteiger partial charge < -0.3 is 24.8 Å². The second kappa shape index (κ2) is 11.3. The van der Waals surface area contributed by atoms with Gasteiger partial charge in [-0.05, 0) is 0 Å². The van der Waals surface area contributed by atoms with Crippen LogP contribution in [0.5, 0.6) is 0 Å². The van der Waals surface area contributed by atoms with Gasteiger partial charge in [-0.3, -0.25) is 0 Å². The van der Waals surface area contributed by atoms with E-state index in [4.69, 9.17) is 0 Å². The third-order valence-electron chi connectivity index (χ3n) is 8.01. The summed E-state index contributed by atoms with van der Waals surface area (Å²) in [6, 6.07) is 38.5. The van der Waals surface area contributed by atoms with Crippen molar-refractivity contribution in [3.8, 4) is 11.1 Å². The first kappa shape index (κ1) is 27.0. The minimum atomic E-state index is -2.34. The summed E-state index contributed by atoms with van der Waals surface area (Å²) in [6.07, 6.45) is 8.22. The van der Waals surface area contributed by atoms with Crippen molar-refractivity contribution in [1.82, 2.24) is 0 Å². The molecule has 0 nitrogen and oxygen atoms in total. The van der Waals surface area contributed by atoms with Gasteiger partial charge in [0.25, 0.3) is 0 Å². The molecular weight excluding hydrogens is 583 g/mol. The fourth-order valence-corrected chi connectivity index (χ4v) is 14.6. The Kier molecular flexibility index (Phi) is 8.01. The Morgan fingerprint density at radius 2 is 1.32 bits per heavy atom. The molecule has 0 spiro atoms. The molecule has 0 fully saturated rings. The van der Waals surface area contributed by atoms with Crippen molar-refractivity contribution in [2.45, 2.75) is 22.9 Å². The fourth-order valence-electron chi connectivity index (χ4n) is 6.39. The van der Waals surface area contributed by atoms with Crippen LogP contribution in [0, 0.1) is 0 Å². The quantitative estimate of drug-likeness (QED) is 0.275. The van der Waals surface area contributed by atoms with E-state index >= 15 is 0 Å². The zero-order valence-corrected chi connectivity index (χ0v) is 25.2.